The van der Waals surface area contributed by atoms with E-state index in [1.165, 1.54) is 11.3 Å². The molecule has 198 valence electrons. The molecule has 1 aromatic carbocycles. The molecule has 1 amide bonds. The molecule has 11 heteroatoms. The molecule has 3 aromatic heterocycles. The zero-order valence-electron chi connectivity index (χ0n) is 21.4. The van der Waals surface area contributed by atoms with Gasteiger partial charge in [0.25, 0.3) is 11.5 Å². The number of amides is 1. The molecule has 10 nitrogen and oxygen atoms in total. The molecular weight excluding hydrogens is 502 g/mol. The van der Waals surface area contributed by atoms with E-state index < -0.39 is 5.54 Å². The maximum absolute atomic E-state index is 13.5. The standard InChI is InChI=1S/C27H31N7O3S/c1-17-23(30-22-9-8-19(15-29-22)34(2)12-13-35)26(37)33-32-24(17)27(10-5-11-28-16-27)31-25(36)21-14-18-6-3-4-7-20(18)38-21/h3-4,6-9,14-15,28,35H,5,10-13,16H2,1-2H3,(H,31,36)(H,33,37)(H,29,30,32)/t27-/m1/s1. The van der Waals surface area contributed by atoms with Gasteiger partial charge in [0, 0.05) is 30.4 Å². The number of carbonyl (C=O) groups is 1. The zero-order valence-corrected chi connectivity index (χ0v) is 22.2. The Morgan fingerprint density at radius 2 is 2.11 bits per heavy atom. The van der Waals surface area contributed by atoms with E-state index in [0.29, 0.717) is 47.2 Å². The molecular formula is C27H31N7O3S. The van der Waals surface area contributed by atoms with E-state index in [4.69, 9.17) is 5.11 Å². The largest absolute Gasteiger partial charge is 0.395 e. The number of likely N-dealkylation sites (N-methyl/N-ethyl adjacent to an activating group) is 1. The van der Waals surface area contributed by atoms with Gasteiger partial charge < -0.3 is 26.0 Å². The smallest absolute Gasteiger partial charge is 0.288 e. The second-order valence-electron chi connectivity index (χ2n) is 9.54. The molecule has 1 aliphatic heterocycles. The molecule has 0 bridgehead atoms. The summed E-state index contributed by atoms with van der Waals surface area (Å²) in [5.74, 6) is 0.336. The van der Waals surface area contributed by atoms with Crippen LogP contribution in [0.4, 0.5) is 17.2 Å². The van der Waals surface area contributed by atoms with Gasteiger partial charge in [-0.2, -0.15) is 5.10 Å². The van der Waals surface area contributed by atoms with Gasteiger partial charge in [0.2, 0.25) is 0 Å². The van der Waals surface area contributed by atoms with E-state index in [-0.39, 0.29) is 18.1 Å². The minimum absolute atomic E-state index is 0.0426. The minimum atomic E-state index is -0.791. The van der Waals surface area contributed by atoms with Crippen LogP contribution < -0.4 is 26.4 Å². The molecule has 1 fully saturated rings. The van der Waals surface area contributed by atoms with E-state index >= 15 is 0 Å². The number of anilines is 3. The number of aliphatic hydroxyl groups excluding tert-OH is 1. The van der Waals surface area contributed by atoms with Gasteiger partial charge in [0.1, 0.15) is 11.5 Å². The zero-order chi connectivity index (χ0) is 26.7. The summed E-state index contributed by atoms with van der Waals surface area (Å²) in [6, 6.07) is 13.5. The number of benzene rings is 1. The molecule has 0 saturated carbocycles. The molecule has 5 rings (SSSR count). The third-order valence-electron chi connectivity index (χ3n) is 6.94. The summed E-state index contributed by atoms with van der Waals surface area (Å²) in [6.45, 7) is 3.71. The van der Waals surface area contributed by atoms with Crippen LogP contribution in [-0.4, -0.2) is 59.5 Å². The highest BCUT2D eigenvalue weighted by Crippen LogP contribution is 2.33. The molecule has 0 spiro atoms. The molecule has 0 aliphatic carbocycles. The first-order valence-corrected chi connectivity index (χ1v) is 13.4. The third-order valence-corrected chi connectivity index (χ3v) is 8.06. The molecule has 4 aromatic rings. The van der Waals surface area contributed by atoms with Crippen molar-refractivity contribution >= 4 is 44.5 Å². The molecule has 1 aliphatic rings. The van der Waals surface area contributed by atoms with E-state index in [0.717, 1.165) is 28.7 Å². The van der Waals surface area contributed by atoms with Gasteiger partial charge in [0.15, 0.2) is 0 Å². The van der Waals surface area contributed by atoms with Crippen LogP contribution in [0.3, 0.4) is 0 Å². The molecule has 1 atom stereocenters. The molecule has 0 radical (unpaired) electrons. The Labute approximate surface area is 224 Å². The number of carbonyl (C=O) groups excluding carboxylic acids is 1. The van der Waals surface area contributed by atoms with E-state index in [2.05, 4.69) is 31.1 Å². The van der Waals surface area contributed by atoms with Crippen molar-refractivity contribution < 1.29 is 9.90 Å². The van der Waals surface area contributed by atoms with E-state index in [9.17, 15) is 9.59 Å². The summed E-state index contributed by atoms with van der Waals surface area (Å²) in [5.41, 5.74) is 1.28. The molecule has 38 heavy (non-hydrogen) atoms. The first kappa shape index (κ1) is 25.8. The van der Waals surface area contributed by atoms with Crippen molar-refractivity contribution in [2.24, 2.45) is 0 Å². The second kappa shape index (κ2) is 10.9. The first-order valence-electron chi connectivity index (χ1n) is 12.6. The number of aromatic amines is 1. The number of fused-ring (bicyclic) bond motifs is 1. The number of hydrogen-bond donors (Lipinski definition) is 5. The fourth-order valence-corrected chi connectivity index (χ4v) is 5.85. The summed E-state index contributed by atoms with van der Waals surface area (Å²) in [5, 5.41) is 27.1. The van der Waals surface area contributed by atoms with Gasteiger partial charge in [0.05, 0.1) is 34.6 Å². The summed E-state index contributed by atoms with van der Waals surface area (Å²) in [6.07, 6.45) is 3.21. The lowest BCUT2D eigenvalue weighted by Crippen LogP contribution is -2.56. The van der Waals surface area contributed by atoms with Gasteiger partial charge >= 0.3 is 0 Å². The Balaban J connectivity index is 1.45. The number of hydrogen-bond acceptors (Lipinski definition) is 9. The van der Waals surface area contributed by atoms with Crippen LogP contribution in [0.25, 0.3) is 10.1 Å². The third kappa shape index (κ3) is 5.13. The first-order chi connectivity index (χ1) is 18.4. The summed E-state index contributed by atoms with van der Waals surface area (Å²) < 4.78 is 1.05. The number of piperidine rings is 1. The Kier molecular flexibility index (Phi) is 7.41. The van der Waals surface area contributed by atoms with Crippen molar-refractivity contribution in [2.75, 3.05) is 43.5 Å². The predicted octanol–water partition coefficient (Wildman–Crippen LogP) is 2.87. The number of aromatic nitrogens is 3. The quantitative estimate of drug-likeness (QED) is 0.233. The molecule has 1 saturated heterocycles. The van der Waals surface area contributed by atoms with Gasteiger partial charge in [-0.3, -0.25) is 9.59 Å². The summed E-state index contributed by atoms with van der Waals surface area (Å²) in [4.78, 5) is 33.3. The predicted molar refractivity (Wildman–Crippen MR) is 151 cm³/mol. The highest BCUT2D eigenvalue weighted by molar-refractivity contribution is 7.20. The van der Waals surface area contributed by atoms with Crippen LogP contribution >= 0.6 is 11.3 Å². The lowest BCUT2D eigenvalue weighted by Gasteiger charge is -2.38. The van der Waals surface area contributed by atoms with Gasteiger partial charge in [-0.1, -0.05) is 18.2 Å². The number of nitrogens with zero attached hydrogens (tertiary/aromatic N) is 3. The van der Waals surface area contributed by atoms with Crippen molar-refractivity contribution in [2.45, 2.75) is 25.3 Å². The van der Waals surface area contributed by atoms with Crippen LogP contribution in [0, 0.1) is 6.92 Å². The monoisotopic (exact) mass is 533 g/mol. The summed E-state index contributed by atoms with van der Waals surface area (Å²) >= 11 is 1.46. The second-order valence-corrected chi connectivity index (χ2v) is 10.6. The SMILES string of the molecule is Cc1c([C@@]2(NC(=O)c3cc4ccccc4s3)CCCNC2)n[nH]c(=O)c1Nc1ccc(N(C)CCO)cn1. The topological polar surface area (TPSA) is 135 Å². The lowest BCUT2D eigenvalue weighted by atomic mass is 9.84. The highest BCUT2D eigenvalue weighted by atomic mass is 32.1. The number of rotatable bonds is 8. The Hall–Kier alpha value is -3.80. The van der Waals surface area contributed by atoms with Gasteiger partial charge in [-0.25, -0.2) is 10.1 Å². The van der Waals surface area contributed by atoms with Crippen molar-refractivity contribution in [1.29, 1.82) is 0 Å². The van der Waals surface area contributed by atoms with Crippen molar-refractivity contribution in [3.8, 4) is 0 Å². The number of aliphatic hydroxyl groups is 1. The average molecular weight is 534 g/mol. The number of thiophene rings is 1. The fraction of sp³-hybridized carbons (Fsp3) is 0.333. The van der Waals surface area contributed by atoms with Crippen LogP contribution in [0.1, 0.15) is 33.8 Å². The van der Waals surface area contributed by atoms with Crippen LogP contribution in [0.2, 0.25) is 0 Å². The minimum Gasteiger partial charge on any atom is -0.395 e. The highest BCUT2D eigenvalue weighted by Gasteiger charge is 2.39. The molecule has 0 unspecified atom stereocenters. The van der Waals surface area contributed by atoms with Crippen LogP contribution in [0.5, 0.6) is 0 Å². The average Bonchev–Trinajstić information content (AvgIpc) is 3.37. The van der Waals surface area contributed by atoms with Crippen LogP contribution in [-0.2, 0) is 5.54 Å². The van der Waals surface area contributed by atoms with Gasteiger partial charge in [-0.15, -0.1) is 11.3 Å². The Morgan fingerprint density at radius 3 is 2.82 bits per heavy atom. The Morgan fingerprint density at radius 1 is 1.26 bits per heavy atom. The normalized spacial score (nSPS) is 17.3. The number of H-pyrrole nitrogens is 1. The number of nitrogens with one attached hydrogen (secondary N) is 4. The fourth-order valence-electron chi connectivity index (χ4n) is 4.89. The van der Waals surface area contributed by atoms with Crippen molar-refractivity contribution in [3.63, 3.8) is 0 Å². The molecule has 5 N–H and O–H groups in total. The lowest BCUT2D eigenvalue weighted by molar-refractivity contribution is 0.0876. The van der Waals surface area contributed by atoms with Crippen LogP contribution in [0.15, 0.2) is 53.5 Å². The van der Waals surface area contributed by atoms with Crippen molar-refractivity contribution in [3.05, 3.63) is 75.1 Å². The Bertz CT molecular complexity index is 1460. The van der Waals surface area contributed by atoms with E-state index in [1.807, 2.05) is 55.3 Å². The van der Waals surface area contributed by atoms with E-state index in [1.54, 1.807) is 12.3 Å². The number of pyridine rings is 1. The maximum atomic E-state index is 13.5. The molecule has 4 heterocycles. The van der Waals surface area contributed by atoms with Crippen molar-refractivity contribution in [1.82, 2.24) is 25.8 Å². The van der Waals surface area contributed by atoms with Gasteiger partial charge in [-0.05, 0) is 56.0 Å². The summed E-state index contributed by atoms with van der Waals surface area (Å²) in [7, 11) is 1.87. The maximum Gasteiger partial charge on any atom is 0.288 e.